The summed E-state index contributed by atoms with van der Waals surface area (Å²) in [6.07, 6.45) is 19.0. The maximum Gasteiger partial charge on any atom is 0.104 e. The van der Waals surface area contributed by atoms with Crippen LogP contribution >= 0.6 is 0 Å². The minimum Gasteiger partial charge on any atom is -0.394 e. The predicted molar refractivity (Wildman–Crippen MR) is 113 cm³/mol. The minimum absolute atomic E-state index is 0.00597. The van der Waals surface area contributed by atoms with Gasteiger partial charge in [0.1, 0.15) is 6.10 Å². The van der Waals surface area contributed by atoms with Gasteiger partial charge in [-0.1, -0.05) is 103 Å². The highest BCUT2D eigenvalue weighted by Crippen LogP contribution is 2.13. The molecule has 0 fully saturated rings. The van der Waals surface area contributed by atoms with Crippen molar-refractivity contribution in [2.24, 2.45) is 0 Å². The van der Waals surface area contributed by atoms with Gasteiger partial charge in [0, 0.05) is 6.61 Å². The average Bonchev–Trinajstić information content (AvgIpc) is 2.63. The Hall–Kier alpha value is -0.380. The second-order valence-corrected chi connectivity index (χ2v) is 7.74. The minimum atomic E-state index is -0.224. The highest BCUT2D eigenvalue weighted by Gasteiger charge is 2.07. The molecule has 26 heavy (non-hydrogen) atoms. The van der Waals surface area contributed by atoms with Crippen LogP contribution in [0.2, 0.25) is 0 Å². The number of aliphatic hydroxyl groups is 1. The van der Waals surface area contributed by atoms with Crippen LogP contribution < -0.4 is 0 Å². The summed E-state index contributed by atoms with van der Waals surface area (Å²) in [4.78, 5) is 0. The molecule has 1 N–H and O–H groups in total. The molecule has 0 spiro atoms. The summed E-state index contributed by atoms with van der Waals surface area (Å²) in [6.45, 7) is 9.74. The lowest BCUT2D eigenvalue weighted by atomic mass is 10.0. The van der Waals surface area contributed by atoms with Crippen LogP contribution in [0.1, 0.15) is 104 Å². The summed E-state index contributed by atoms with van der Waals surface area (Å²) in [6, 6.07) is 0. The molecule has 0 aromatic heterocycles. The van der Waals surface area contributed by atoms with Crippen molar-refractivity contribution in [2.45, 2.75) is 110 Å². The Kier molecular flexibility index (Phi) is 20.6. The van der Waals surface area contributed by atoms with Gasteiger partial charge in [-0.15, -0.1) is 0 Å². The summed E-state index contributed by atoms with van der Waals surface area (Å²) in [7, 11) is 0. The zero-order chi connectivity index (χ0) is 19.3. The van der Waals surface area contributed by atoms with Crippen molar-refractivity contribution < 1.29 is 14.6 Å². The third-order valence-corrected chi connectivity index (χ3v) is 4.72. The topological polar surface area (TPSA) is 38.7 Å². The predicted octanol–water partition coefficient (Wildman–Crippen LogP) is 6.44. The molecule has 1 atom stereocenters. The van der Waals surface area contributed by atoms with E-state index >= 15 is 0 Å². The smallest absolute Gasteiger partial charge is 0.104 e. The van der Waals surface area contributed by atoms with E-state index in [1.807, 2.05) is 6.92 Å². The van der Waals surface area contributed by atoms with E-state index in [1.165, 1.54) is 83.5 Å². The standard InChI is InChI=1S/C23H46O3/c1-4-5-6-7-8-9-10-11-12-13-14-15-16-17-18-25-21-23(19-24)26-20-22(2)3/h23-24H,2,4-21H2,1,3H3. The van der Waals surface area contributed by atoms with Crippen LogP contribution in [0.15, 0.2) is 12.2 Å². The number of unbranched alkanes of at least 4 members (excludes halogenated alkanes) is 13. The van der Waals surface area contributed by atoms with E-state index in [9.17, 15) is 5.11 Å². The van der Waals surface area contributed by atoms with E-state index in [0.29, 0.717) is 13.2 Å². The van der Waals surface area contributed by atoms with Gasteiger partial charge in [-0.3, -0.25) is 0 Å². The highest BCUT2D eigenvalue weighted by molar-refractivity contribution is 4.87. The van der Waals surface area contributed by atoms with Crippen molar-refractivity contribution in [3.05, 3.63) is 12.2 Å². The Morgan fingerprint density at radius 3 is 1.69 bits per heavy atom. The lowest BCUT2D eigenvalue weighted by Crippen LogP contribution is -2.25. The molecule has 0 aromatic rings. The average molecular weight is 371 g/mol. The van der Waals surface area contributed by atoms with E-state index in [1.54, 1.807) is 0 Å². The van der Waals surface area contributed by atoms with Crippen molar-refractivity contribution >= 4 is 0 Å². The molecule has 3 heteroatoms. The molecule has 0 amide bonds. The molecule has 3 nitrogen and oxygen atoms in total. The summed E-state index contributed by atoms with van der Waals surface area (Å²) in [5.41, 5.74) is 0.968. The maximum absolute atomic E-state index is 9.23. The summed E-state index contributed by atoms with van der Waals surface area (Å²) in [5, 5.41) is 9.23. The molecule has 0 saturated carbocycles. The van der Waals surface area contributed by atoms with Crippen LogP contribution in [0, 0.1) is 0 Å². The quantitative estimate of drug-likeness (QED) is 0.187. The van der Waals surface area contributed by atoms with Crippen LogP contribution in [0.4, 0.5) is 0 Å². The van der Waals surface area contributed by atoms with Gasteiger partial charge in [0.2, 0.25) is 0 Å². The van der Waals surface area contributed by atoms with E-state index in [4.69, 9.17) is 9.47 Å². The Balaban J connectivity index is 3.18. The van der Waals surface area contributed by atoms with E-state index in [-0.39, 0.29) is 12.7 Å². The number of hydrogen-bond donors (Lipinski definition) is 1. The lowest BCUT2D eigenvalue weighted by Gasteiger charge is -2.15. The highest BCUT2D eigenvalue weighted by atomic mass is 16.5. The molecule has 1 unspecified atom stereocenters. The first-order valence-electron chi connectivity index (χ1n) is 11.1. The SMILES string of the molecule is C=C(C)COC(CO)COCCCCCCCCCCCCCCCC. The van der Waals surface area contributed by atoms with E-state index in [2.05, 4.69) is 13.5 Å². The van der Waals surface area contributed by atoms with Crippen molar-refractivity contribution in [1.82, 2.24) is 0 Å². The fourth-order valence-electron chi connectivity index (χ4n) is 3.03. The first kappa shape index (κ1) is 25.6. The van der Waals surface area contributed by atoms with Gasteiger partial charge in [-0.05, 0) is 13.3 Å². The Morgan fingerprint density at radius 1 is 0.808 bits per heavy atom. The number of ether oxygens (including phenoxy) is 2. The number of rotatable bonds is 21. The Labute approximate surface area is 163 Å². The van der Waals surface area contributed by atoms with Gasteiger partial charge in [0.05, 0.1) is 19.8 Å². The van der Waals surface area contributed by atoms with Gasteiger partial charge in [-0.25, -0.2) is 0 Å². The van der Waals surface area contributed by atoms with Gasteiger partial charge in [-0.2, -0.15) is 0 Å². The molecule has 0 aliphatic rings. The molecule has 0 aliphatic heterocycles. The molecule has 0 bridgehead atoms. The first-order chi connectivity index (χ1) is 12.7. The summed E-state index contributed by atoms with van der Waals surface area (Å²) in [5.74, 6) is 0. The van der Waals surface area contributed by atoms with Crippen molar-refractivity contribution in [3.8, 4) is 0 Å². The van der Waals surface area contributed by atoms with Crippen LogP contribution in [-0.4, -0.2) is 37.6 Å². The van der Waals surface area contributed by atoms with Crippen molar-refractivity contribution in [2.75, 3.05) is 26.4 Å². The molecule has 0 aromatic carbocycles. The van der Waals surface area contributed by atoms with Gasteiger partial charge < -0.3 is 14.6 Å². The second-order valence-electron chi connectivity index (χ2n) is 7.74. The van der Waals surface area contributed by atoms with E-state index in [0.717, 1.165) is 18.6 Å². The second kappa shape index (κ2) is 20.9. The molecular weight excluding hydrogens is 324 g/mol. The molecule has 0 radical (unpaired) electrons. The number of hydrogen-bond acceptors (Lipinski definition) is 3. The normalized spacial score (nSPS) is 12.4. The van der Waals surface area contributed by atoms with Crippen LogP contribution in [0.5, 0.6) is 0 Å². The third kappa shape index (κ3) is 19.9. The third-order valence-electron chi connectivity index (χ3n) is 4.72. The maximum atomic E-state index is 9.23. The largest absolute Gasteiger partial charge is 0.394 e. The Morgan fingerprint density at radius 2 is 1.27 bits per heavy atom. The van der Waals surface area contributed by atoms with Crippen LogP contribution in [0.3, 0.4) is 0 Å². The molecule has 0 saturated heterocycles. The van der Waals surface area contributed by atoms with Crippen LogP contribution in [0.25, 0.3) is 0 Å². The monoisotopic (exact) mass is 370 g/mol. The van der Waals surface area contributed by atoms with Crippen LogP contribution in [-0.2, 0) is 9.47 Å². The van der Waals surface area contributed by atoms with Crippen molar-refractivity contribution in [3.63, 3.8) is 0 Å². The number of aliphatic hydroxyl groups excluding tert-OH is 1. The molecule has 0 aliphatic carbocycles. The first-order valence-corrected chi connectivity index (χ1v) is 11.1. The molecule has 0 rings (SSSR count). The zero-order valence-electron chi connectivity index (χ0n) is 17.8. The van der Waals surface area contributed by atoms with Gasteiger partial charge >= 0.3 is 0 Å². The van der Waals surface area contributed by atoms with Crippen molar-refractivity contribution in [1.29, 1.82) is 0 Å². The molecular formula is C23H46O3. The molecule has 0 heterocycles. The van der Waals surface area contributed by atoms with Gasteiger partial charge in [0.15, 0.2) is 0 Å². The molecule has 156 valence electrons. The fourth-order valence-corrected chi connectivity index (χ4v) is 3.03. The summed E-state index contributed by atoms with van der Waals surface area (Å²) < 4.78 is 11.1. The zero-order valence-corrected chi connectivity index (χ0v) is 17.8. The lowest BCUT2D eigenvalue weighted by molar-refractivity contribution is -0.0351. The van der Waals surface area contributed by atoms with E-state index < -0.39 is 0 Å². The Bertz CT molecular complexity index is 291. The van der Waals surface area contributed by atoms with Gasteiger partial charge in [0.25, 0.3) is 0 Å². The summed E-state index contributed by atoms with van der Waals surface area (Å²) >= 11 is 0. The fraction of sp³-hybridized carbons (Fsp3) is 0.913.